The number of thiazole rings is 1. The molecule has 0 spiro atoms. The molecule has 0 bridgehead atoms. The van der Waals surface area contributed by atoms with Gasteiger partial charge in [0.05, 0.1) is 17.1 Å². The van der Waals surface area contributed by atoms with Crippen LogP contribution in [0.3, 0.4) is 0 Å². The normalized spacial score (nSPS) is 15.0. The molecule has 1 aliphatic heterocycles. The number of aryl methyl sites for hydroxylation is 1. The molecule has 1 aliphatic rings. The lowest BCUT2D eigenvalue weighted by Crippen LogP contribution is -2.35. The van der Waals surface area contributed by atoms with E-state index >= 15 is 0 Å². The van der Waals surface area contributed by atoms with Gasteiger partial charge in [-0.15, -0.1) is 11.3 Å². The average molecular weight is 380 g/mol. The van der Waals surface area contributed by atoms with E-state index in [9.17, 15) is 13.2 Å². The topological polar surface area (TPSA) is 79.4 Å². The highest BCUT2D eigenvalue weighted by Crippen LogP contribution is 2.31. The molecule has 25 heavy (non-hydrogen) atoms. The molecule has 3 rings (SSSR count). The highest BCUT2D eigenvalue weighted by Gasteiger charge is 2.30. The monoisotopic (exact) mass is 379 g/mol. The first-order valence-corrected chi connectivity index (χ1v) is 10.5. The zero-order chi connectivity index (χ0) is 18.0. The van der Waals surface area contributed by atoms with E-state index in [0.717, 1.165) is 29.0 Å². The van der Waals surface area contributed by atoms with Gasteiger partial charge < -0.3 is 5.32 Å². The summed E-state index contributed by atoms with van der Waals surface area (Å²) in [7, 11) is -3.53. The summed E-state index contributed by atoms with van der Waals surface area (Å²) < 4.78 is 27.3. The summed E-state index contributed by atoms with van der Waals surface area (Å²) in [6.07, 6.45) is 2.53. The molecular weight excluding hydrogens is 358 g/mol. The number of amides is 1. The van der Waals surface area contributed by atoms with Crippen molar-refractivity contribution < 1.29 is 13.2 Å². The maximum absolute atomic E-state index is 12.9. The molecule has 2 aromatic rings. The molecule has 1 aromatic heterocycles. The Hall–Kier alpha value is -1.77. The molecule has 0 radical (unpaired) electrons. The van der Waals surface area contributed by atoms with Gasteiger partial charge in [0.1, 0.15) is 0 Å². The fourth-order valence-electron chi connectivity index (χ4n) is 2.85. The fraction of sp³-hybridized carbons (Fsp3) is 0.412. The summed E-state index contributed by atoms with van der Waals surface area (Å²) >= 11 is 1.34. The first-order chi connectivity index (χ1) is 11.9. The van der Waals surface area contributed by atoms with Crippen molar-refractivity contribution in [3.63, 3.8) is 0 Å². The van der Waals surface area contributed by atoms with Gasteiger partial charge in [0.2, 0.25) is 15.9 Å². The van der Waals surface area contributed by atoms with E-state index in [2.05, 4.69) is 17.2 Å². The minimum absolute atomic E-state index is 0.178. The van der Waals surface area contributed by atoms with Crippen molar-refractivity contribution in [3.05, 3.63) is 40.4 Å². The minimum atomic E-state index is -3.53. The number of benzene rings is 1. The van der Waals surface area contributed by atoms with Gasteiger partial charge in [-0.3, -0.25) is 4.79 Å². The van der Waals surface area contributed by atoms with Crippen molar-refractivity contribution in [2.75, 3.05) is 11.9 Å². The van der Waals surface area contributed by atoms with Crippen molar-refractivity contribution in [1.29, 1.82) is 0 Å². The number of sulfonamides is 1. The molecule has 0 saturated carbocycles. The van der Waals surface area contributed by atoms with Gasteiger partial charge in [-0.05, 0) is 24.1 Å². The smallest absolute Gasteiger partial charge is 0.243 e. The summed E-state index contributed by atoms with van der Waals surface area (Å²) in [6.45, 7) is 4.22. The van der Waals surface area contributed by atoms with E-state index in [1.807, 2.05) is 12.1 Å². The number of rotatable bonds is 5. The van der Waals surface area contributed by atoms with Crippen LogP contribution in [-0.2, 0) is 34.2 Å². The molecule has 1 aromatic carbocycles. The van der Waals surface area contributed by atoms with Crippen molar-refractivity contribution in [2.45, 2.75) is 44.6 Å². The number of carbonyl (C=O) groups excluding carboxylic acids is 1. The Balaban J connectivity index is 1.79. The van der Waals surface area contributed by atoms with E-state index < -0.39 is 10.0 Å². The van der Waals surface area contributed by atoms with Gasteiger partial charge in [0, 0.05) is 24.8 Å². The number of carbonyl (C=O) groups is 1. The highest BCUT2D eigenvalue weighted by atomic mass is 32.2. The Morgan fingerprint density at radius 2 is 2.04 bits per heavy atom. The van der Waals surface area contributed by atoms with Crippen LogP contribution in [0.2, 0.25) is 0 Å². The number of hydrogen-bond donors (Lipinski definition) is 1. The number of fused-ring (bicyclic) bond motifs is 1. The lowest BCUT2D eigenvalue weighted by atomic mass is 10.1. The van der Waals surface area contributed by atoms with E-state index in [4.69, 9.17) is 0 Å². The number of hydrogen-bond acceptors (Lipinski definition) is 5. The molecule has 6 nitrogen and oxygen atoms in total. The van der Waals surface area contributed by atoms with Gasteiger partial charge in [0.15, 0.2) is 5.13 Å². The number of aromatic nitrogens is 1. The third-order valence-corrected chi connectivity index (χ3v) is 6.94. The quantitative estimate of drug-likeness (QED) is 0.866. The summed E-state index contributed by atoms with van der Waals surface area (Å²) in [4.78, 5) is 16.7. The van der Waals surface area contributed by atoms with Gasteiger partial charge in [-0.25, -0.2) is 13.4 Å². The largest absolute Gasteiger partial charge is 0.302 e. The third kappa shape index (κ3) is 3.91. The molecular formula is C17H21N3O3S2. The fourth-order valence-corrected chi connectivity index (χ4v) is 5.41. The van der Waals surface area contributed by atoms with Crippen LogP contribution in [0.1, 0.15) is 36.4 Å². The second-order valence-electron chi connectivity index (χ2n) is 6.05. The zero-order valence-corrected chi connectivity index (χ0v) is 15.9. The first-order valence-electron chi connectivity index (χ1n) is 8.25. The van der Waals surface area contributed by atoms with E-state index in [1.165, 1.54) is 22.6 Å². The van der Waals surface area contributed by atoms with Crippen molar-refractivity contribution in [2.24, 2.45) is 0 Å². The van der Waals surface area contributed by atoms with Crippen LogP contribution >= 0.6 is 11.3 Å². The Labute approximate surface area is 151 Å². The van der Waals surface area contributed by atoms with Crippen LogP contribution in [0.25, 0.3) is 0 Å². The van der Waals surface area contributed by atoms with Crippen molar-refractivity contribution in [1.82, 2.24) is 9.29 Å². The molecule has 0 unspecified atom stereocenters. The zero-order valence-electron chi connectivity index (χ0n) is 14.3. The third-order valence-electron chi connectivity index (χ3n) is 4.08. The van der Waals surface area contributed by atoms with Crippen molar-refractivity contribution >= 4 is 32.4 Å². The SMILES string of the molecule is CCCc1ccc(S(=O)(=O)N2CCc3nc(NC(C)=O)sc3C2)cc1. The predicted molar refractivity (Wildman–Crippen MR) is 98.2 cm³/mol. The lowest BCUT2D eigenvalue weighted by molar-refractivity contribution is -0.114. The van der Waals surface area contributed by atoms with E-state index in [1.54, 1.807) is 12.1 Å². The van der Waals surface area contributed by atoms with E-state index in [-0.39, 0.29) is 5.91 Å². The van der Waals surface area contributed by atoms with Gasteiger partial charge in [-0.1, -0.05) is 25.5 Å². The summed E-state index contributed by atoms with van der Waals surface area (Å²) in [5.41, 5.74) is 2.02. The second-order valence-corrected chi connectivity index (χ2v) is 9.07. The van der Waals surface area contributed by atoms with Crippen LogP contribution in [0, 0.1) is 0 Å². The highest BCUT2D eigenvalue weighted by molar-refractivity contribution is 7.89. The van der Waals surface area contributed by atoms with Crippen LogP contribution in [0.15, 0.2) is 29.2 Å². The molecule has 8 heteroatoms. The predicted octanol–water partition coefficient (Wildman–Crippen LogP) is 2.80. The van der Waals surface area contributed by atoms with Crippen LogP contribution < -0.4 is 5.32 Å². The molecule has 1 amide bonds. The molecule has 0 atom stereocenters. The Morgan fingerprint density at radius 1 is 1.32 bits per heavy atom. The Morgan fingerprint density at radius 3 is 2.68 bits per heavy atom. The van der Waals surface area contributed by atoms with Crippen LogP contribution in [0.5, 0.6) is 0 Å². The Kier molecular flexibility index (Phi) is 5.21. The van der Waals surface area contributed by atoms with E-state index in [0.29, 0.717) is 29.5 Å². The van der Waals surface area contributed by atoms with Gasteiger partial charge in [0.25, 0.3) is 0 Å². The second kappa shape index (κ2) is 7.23. The molecule has 0 saturated heterocycles. The first kappa shape index (κ1) is 18.0. The number of nitrogens with zero attached hydrogens (tertiary/aromatic N) is 2. The summed E-state index contributed by atoms with van der Waals surface area (Å²) in [6, 6.07) is 7.14. The minimum Gasteiger partial charge on any atom is -0.302 e. The molecule has 1 N–H and O–H groups in total. The Bertz CT molecular complexity index is 873. The standard InChI is InChI=1S/C17H21N3O3S2/c1-3-4-13-5-7-14(8-6-13)25(22,23)20-10-9-15-16(11-20)24-17(19-15)18-12(2)21/h5-8H,3-4,9-11H2,1-2H3,(H,18,19,21). The molecule has 2 heterocycles. The van der Waals surface area contributed by atoms with Gasteiger partial charge >= 0.3 is 0 Å². The van der Waals surface area contributed by atoms with Gasteiger partial charge in [-0.2, -0.15) is 4.31 Å². The maximum Gasteiger partial charge on any atom is 0.243 e. The number of anilines is 1. The van der Waals surface area contributed by atoms with Crippen LogP contribution in [0.4, 0.5) is 5.13 Å². The summed E-state index contributed by atoms with van der Waals surface area (Å²) in [5.74, 6) is -0.178. The average Bonchev–Trinajstić information content (AvgIpc) is 2.96. The van der Waals surface area contributed by atoms with Crippen LogP contribution in [-0.4, -0.2) is 30.2 Å². The number of nitrogens with one attached hydrogen (secondary N) is 1. The maximum atomic E-state index is 12.9. The van der Waals surface area contributed by atoms with Crippen molar-refractivity contribution in [3.8, 4) is 0 Å². The lowest BCUT2D eigenvalue weighted by Gasteiger charge is -2.25. The molecule has 0 fully saturated rings. The summed E-state index contributed by atoms with van der Waals surface area (Å²) in [5, 5.41) is 3.19. The molecule has 0 aliphatic carbocycles. The molecule has 134 valence electrons.